The van der Waals surface area contributed by atoms with Crippen LogP contribution in [0.4, 0.5) is 5.69 Å². The molecule has 1 aromatic carbocycles. The van der Waals surface area contributed by atoms with Crippen molar-refractivity contribution in [3.05, 3.63) is 54.6 Å². The van der Waals surface area contributed by atoms with E-state index in [2.05, 4.69) is 13.2 Å². The number of amides is 3. The van der Waals surface area contributed by atoms with Gasteiger partial charge in [-0.25, -0.2) is 0 Å². The standard InChI is InChI=1S/C28H37N3O4S/c1-7-14-29(6)25(33)21-20-12-13-28(36-20)22(21)26(34)31(19(5)16-32)24(28)27(35)30(15-8-2)23-17(3)10-9-11-18(23)4/h7-11,19-22,24,32H,1-2,12-16H2,3-6H3/t19-,20-,21+,22+,24?,28?/m1/s1. The van der Waals surface area contributed by atoms with Crippen molar-refractivity contribution in [1.29, 1.82) is 0 Å². The van der Waals surface area contributed by atoms with Gasteiger partial charge < -0.3 is 19.8 Å². The summed E-state index contributed by atoms with van der Waals surface area (Å²) in [5, 5.41) is 10.1. The number of rotatable bonds is 9. The minimum Gasteiger partial charge on any atom is -0.394 e. The number of fused-ring (bicyclic) bond motifs is 1. The van der Waals surface area contributed by atoms with Crippen LogP contribution in [0.2, 0.25) is 0 Å². The minimum atomic E-state index is -0.770. The third-order valence-corrected chi connectivity index (χ3v) is 10.0. The van der Waals surface area contributed by atoms with Crippen LogP contribution in [0.25, 0.3) is 0 Å². The van der Waals surface area contributed by atoms with Crippen LogP contribution in [-0.4, -0.2) is 81.5 Å². The third-order valence-electron chi connectivity index (χ3n) is 8.06. The fourth-order valence-electron chi connectivity index (χ4n) is 6.55. The molecule has 1 aromatic rings. The van der Waals surface area contributed by atoms with Crippen molar-refractivity contribution in [2.45, 2.75) is 55.7 Å². The van der Waals surface area contributed by atoms with Gasteiger partial charge in [-0.2, -0.15) is 0 Å². The van der Waals surface area contributed by atoms with E-state index in [-0.39, 0.29) is 29.6 Å². The van der Waals surface area contributed by atoms with E-state index in [0.717, 1.165) is 23.2 Å². The molecule has 0 aliphatic carbocycles. The van der Waals surface area contributed by atoms with Crippen molar-refractivity contribution in [2.24, 2.45) is 11.8 Å². The molecule has 3 amide bonds. The number of carbonyl (C=O) groups excluding carboxylic acids is 3. The normalized spacial score (nSPS) is 29.1. The average molecular weight is 512 g/mol. The Bertz CT molecular complexity index is 1070. The highest BCUT2D eigenvalue weighted by molar-refractivity contribution is 8.02. The van der Waals surface area contributed by atoms with Gasteiger partial charge in [-0.15, -0.1) is 24.9 Å². The number of nitrogens with zero attached hydrogens (tertiary/aromatic N) is 3. The molecule has 0 aromatic heterocycles. The molecule has 0 saturated carbocycles. The van der Waals surface area contributed by atoms with Crippen LogP contribution in [0.15, 0.2) is 43.5 Å². The summed E-state index contributed by atoms with van der Waals surface area (Å²) in [6.07, 6.45) is 4.84. The number of aliphatic hydroxyl groups is 1. The Morgan fingerprint density at radius 2 is 1.86 bits per heavy atom. The van der Waals surface area contributed by atoms with Crippen LogP contribution in [0, 0.1) is 25.7 Å². The number of hydrogen-bond donors (Lipinski definition) is 1. The van der Waals surface area contributed by atoms with E-state index in [0.29, 0.717) is 19.5 Å². The van der Waals surface area contributed by atoms with E-state index < -0.39 is 28.7 Å². The fraction of sp³-hybridized carbons (Fsp3) is 0.536. The van der Waals surface area contributed by atoms with Gasteiger partial charge in [0, 0.05) is 31.1 Å². The van der Waals surface area contributed by atoms with Crippen LogP contribution in [0.3, 0.4) is 0 Å². The number of thioether (sulfide) groups is 1. The molecular weight excluding hydrogens is 474 g/mol. The lowest BCUT2D eigenvalue weighted by atomic mass is 9.70. The quantitative estimate of drug-likeness (QED) is 0.516. The smallest absolute Gasteiger partial charge is 0.251 e. The van der Waals surface area contributed by atoms with Crippen molar-refractivity contribution in [3.8, 4) is 0 Å². The second-order valence-electron chi connectivity index (χ2n) is 10.3. The van der Waals surface area contributed by atoms with Crippen molar-refractivity contribution >= 4 is 35.2 Å². The molecule has 3 saturated heterocycles. The lowest BCUT2D eigenvalue weighted by molar-refractivity contribution is -0.144. The van der Waals surface area contributed by atoms with Crippen molar-refractivity contribution in [1.82, 2.24) is 9.80 Å². The van der Waals surface area contributed by atoms with E-state index in [1.54, 1.807) is 52.6 Å². The molecule has 0 radical (unpaired) electrons. The Balaban J connectivity index is 1.82. The van der Waals surface area contributed by atoms with Gasteiger partial charge >= 0.3 is 0 Å². The number of aryl methyl sites for hydroxylation is 2. The maximum absolute atomic E-state index is 14.5. The van der Waals surface area contributed by atoms with Crippen LogP contribution in [0.5, 0.6) is 0 Å². The Morgan fingerprint density at radius 3 is 2.44 bits per heavy atom. The second kappa shape index (κ2) is 10.1. The number of likely N-dealkylation sites (N-methyl/N-ethyl adjacent to an activating group) is 1. The van der Waals surface area contributed by atoms with Gasteiger partial charge in [0.05, 0.1) is 29.2 Å². The predicted octanol–water partition coefficient (Wildman–Crippen LogP) is 2.94. The fourth-order valence-corrected chi connectivity index (χ4v) is 8.74. The Morgan fingerprint density at radius 1 is 1.22 bits per heavy atom. The van der Waals surface area contributed by atoms with Crippen LogP contribution in [-0.2, 0) is 14.4 Å². The first-order chi connectivity index (χ1) is 17.1. The summed E-state index contributed by atoms with van der Waals surface area (Å²) >= 11 is 1.64. The molecule has 3 aliphatic rings. The largest absolute Gasteiger partial charge is 0.394 e. The first kappa shape index (κ1) is 26.5. The highest BCUT2D eigenvalue weighted by Crippen LogP contribution is 2.67. The molecule has 2 unspecified atom stereocenters. The number of aliphatic hydroxyl groups excluding tert-OH is 1. The summed E-state index contributed by atoms with van der Waals surface area (Å²) in [4.78, 5) is 47.0. The molecule has 8 heteroatoms. The summed E-state index contributed by atoms with van der Waals surface area (Å²) in [6, 6.07) is 4.59. The Hall–Kier alpha value is -2.58. The molecule has 4 rings (SSSR count). The lowest BCUT2D eigenvalue weighted by Crippen LogP contribution is -2.57. The van der Waals surface area contributed by atoms with E-state index in [4.69, 9.17) is 0 Å². The monoisotopic (exact) mass is 511 g/mol. The first-order valence-corrected chi connectivity index (χ1v) is 13.5. The molecule has 3 fully saturated rings. The zero-order valence-electron chi connectivity index (χ0n) is 21.6. The molecule has 3 heterocycles. The molecule has 2 bridgehead atoms. The maximum atomic E-state index is 14.5. The summed E-state index contributed by atoms with van der Waals surface area (Å²) in [5.41, 5.74) is 2.75. The van der Waals surface area contributed by atoms with Crippen molar-refractivity contribution in [2.75, 3.05) is 31.6 Å². The molecule has 6 atom stereocenters. The SMILES string of the molecule is C=CCN(C)C(=O)[C@@H]1[C@H]2C(=O)N([C@H](C)CO)C(C(=O)N(CC=C)c3c(C)cccc3C)C23CC[C@H]1S3. The number of carbonyl (C=O) groups is 3. The van der Waals surface area contributed by atoms with Gasteiger partial charge in [0.25, 0.3) is 5.91 Å². The molecule has 7 nitrogen and oxygen atoms in total. The number of hydrogen-bond acceptors (Lipinski definition) is 5. The highest BCUT2D eigenvalue weighted by atomic mass is 32.2. The van der Waals surface area contributed by atoms with Gasteiger partial charge in [-0.05, 0) is 44.7 Å². The van der Waals surface area contributed by atoms with E-state index in [9.17, 15) is 19.5 Å². The Labute approximate surface area is 218 Å². The van der Waals surface area contributed by atoms with Gasteiger partial charge in [0.15, 0.2) is 0 Å². The number of anilines is 1. The van der Waals surface area contributed by atoms with Crippen LogP contribution >= 0.6 is 11.8 Å². The van der Waals surface area contributed by atoms with Gasteiger partial charge in [0.2, 0.25) is 11.8 Å². The maximum Gasteiger partial charge on any atom is 0.251 e. The number of benzene rings is 1. The number of likely N-dealkylation sites (tertiary alicyclic amines) is 1. The average Bonchev–Trinajstić information content (AvgIpc) is 3.49. The minimum absolute atomic E-state index is 0.00588. The van der Waals surface area contributed by atoms with Gasteiger partial charge in [0.1, 0.15) is 6.04 Å². The number of para-hydroxylation sites is 1. The lowest BCUT2D eigenvalue weighted by Gasteiger charge is -2.39. The summed E-state index contributed by atoms with van der Waals surface area (Å²) in [7, 11) is 1.73. The first-order valence-electron chi connectivity index (χ1n) is 12.6. The molecular formula is C28H37N3O4S. The predicted molar refractivity (Wildman–Crippen MR) is 144 cm³/mol. The zero-order chi connectivity index (χ0) is 26.4. The topological polar surface area (TPSA) is 81.2 Å². The third kappa shape index (κ3) is 3.89. The summed E-state index contributed by atoms with van der Waals surface area (Å²) in [6.45, 7) is 13.8. The van der Waals surface area contributed by atoms with E-state index >= 15 is 0 Å². The van der Waals surface area contributed by atoms with Crippen molar-refractivity contribution in [3.63, 3.8) is 0 Å². The second-order valence-corrected chi connectivity index (χ2v) is 11.9. The van der Waals surface area contributed by atoms with E-state index in [1.165, 1.54) is 0 Å². The van der Waals surface area contributed by atoms with Crippen molar-refractivity contribution < 1.29 is 19.5 Å². The highest BCUT2D eigenvalue weighted by Gasteiger charge is 2.74. The summed E-state index contributed by atoms with van der Waals surface area (Å²) < 4.78 is -0.701. The molecule has 3 aliphatic heterocycles. The van der Waals surface area contributed by atoms with E-state index in [1.807, 2.05) is 32.0 Å². The molecule has 1 N–H and O–H groups in total. The summed E-state index contributed by atoms with van der Waals surface area (Å²) in [5.74, 6) is -1.53. The zero-order valence-corrected chi connectivity index (χ0v) is 22.5. The van der Waals surface area contributed by atoms with Gasteiger partial charge in [-0.1, -0.05) is 30.4 Å². The molecule has 194 valence electrons. The van der Waals surface area contributed by atoms with Crippen LogP contribution in [0.1, 0.15) is 30.9 Å². The van der Waals surface area contributed by atoms with Gasteiger partial charge in [-0.3, -0.25) is 14.4 Å². The Kier molecular flexibility index (Phi) is 7.40. The molecule has 36 heavy (non-hydrogen) atoms. The molecule has 1 spiro atoms. The van der Waals surface area contributed by atoms with Crippen LogP contribution < -0.4 is 4.90 Å².